The van der Waals surface area contributed by atoms with Crippen molar-refractivity contribution in [3.8, 4) is 0 Å². The normalized spacial score (nSPS) is 34.6. The average Bonchev–Trinajstić information content (AvgIpc) is 2.60. The summed E-state index contributed by atoms with van der Waals surface area (Å²) in [7, 11) is 0. The van der Waals surface area contributed by atoms with E-state index in [-0.39, 0.29) is 18.1 Å². The average molecular weight is 194 g/mol. The van der Waals surface area contributed by atoms with Crippen molar-refractivity contribution in [1.82, 2.24) is 15.5 Å². The summed E-state index contributed by atoms with van der Waals surface area (Å²) in [5.41, 5.74) is 0. The third-order valence-corrected chi connectivity index (χ3v) is 2.84. The van der Waals surface area contributed by atoms with E-state index in [1.807, 2.05) is 4.90 Å². The number of fused-ring (bicyclic) bond motifs is 3. The Bertz CT molecular complexity index is 351. The van der Waals surface area contributed by atoms with Gasteiger partial charge in [-0.1, -0.05) is 0 Å². The largest absolute Gasteiger partial charge is 0.345 e. The number of nitrogens with one attached hydrogen (secondary N) is 2. The van der Waals surface area contributed by atoms with Crippen LogP contribution in [0.2, 0.25) is 0 Å². The van der Waals surface area contributed by atoms with E-state index < -0.39 is 6.03 Å². The van der Waals surface area contributed by atoms with Gasteiger partial charge in [0.1, 0.15) is 5.84 Å². The predicted octanol–water partition coefficient (Wildman–Crippen LogP) is -0.972. The Hall–Kier alpha value is -1.59. The van der Waals surface area contributed by atoms with E-state index in [2.05, 4.69) is 15.6 Å². The summed E-state index contributed by atoms with van der Waals surface area (Å²) in [6.07, 6.45) is 1.59. The van der Waals surface area contributed by atoms with E-state index in [9.17, 15) is 9.59 Å². The van der Waals surface area contributed by atoms with Gasteiger partial charge in [0, 0.05) is 13.0 Å². The summed E-state index contributed by atoms with van der Waals surface area (Å²) in [6.45, 7) is 0.864. The van der Waals surface area contributed by atoms with Crippen LogP contribution in [-0.2, 0) is 4.79 Å². The fraction of sp³-hybridized carbons (Fsp3) is 0.625. The Morgan fingerprint density at radius 1 is 1.43 bits per heavy atom. The fourth-order valence-corrected chi connectivity index (χ4v) is 2.27. The number of aliphatic imine (C=N–C) groups is 1. The lowest BCUT2D eigenvalue weighted by Crippen LogP contribution is -2.63. The minimum Gasteiger partial charge on any atom is -0.345 e. The van der Waals surface area contributed by atoms with Crippen molar-refractivity contribution in [2.24, 2.45) is 4.99 Å². The van der Waals surface area contributed by atoms with Crippen LogP contribution in [0, 0.1) is 0 Å². The van der Waals surface area contributed by atoms with Gasteiger partial charge in [-0.2, -0.15) is 0 Å². The predicted molar refractivity (Wildman–Crippen MR) is 47.6 cm³/mol. The second-order valence-corrected chi connectivity index (χ2v) is 3.69. The molecule has 3 aliphatic rings. The quantitative estimate of drug-likeness (QED) is 0.521. The van der Waals surface area contributed by atoms with E-state index in [0.717, 1.165) is 25.2 Å². The number of rotatable bonds is 0. The molecule has 2 N–H and O–H groups in total. The molecule has 2 unspecified atom stereocenters. The van der Waals surface area contributed by atoms with E-state index in [1.165, 1.54) is 0 Å². The van der Waals surface area contributed by atoms with Crippen molar-refractivity contribution in [3.63, 3.8) is 0 Å². The molecule has 0 saturated carbocycles. The first-order valence-electron chi connectivity index (χ1n) is 4.70. The third-order valence-electron chi connectivity index (χ3n) is 2.84. The molecule has 0 aliphatic carbocycles. The molecule has 2 saturated heterocycles. The van der Waals surface area contributed by atoms with Gasteiger partial charge in [-0.25, -0.2) is 9.79 Å². The van der Waals surface area contributed by atoms with Crippen LogP contribution in [0.5, 0.6) is 0 Å². The highest BCUT2D eigenvalue weighted by atomic mass is 16.2. The van der Waals surface area contributed by atoms with Crippen molar-refractivity contribution in [2.75, 3.05) is 6.54 Å². The zero-order chi connectivity index (χ0) is 9.71. The number of carbonyl (C=O) groups is 2. The number of imide groups is 1. The molecular formula is C8H10N4O2. The number of amidine groups is 1. The second-order valence-electron chi connectivity index (χ2n) is 3.69. The molecule has 0 aromatic heterocycles. The number of hydrogen-bond acceptors (Lipinski definition) is 4. The summed E-state index contributed by atoms with van der Waals surface area (Å²) in [5, 5.41) is 4.90. The maximum Gasteiger partial charge on any atom is 0.323 e. The van der Waals surface area contributed by atoms with Gasteiger partial charge in [-0.15, -0.1) is 0 Å². The maximum atomic E-state index is 11.5. The van der Waals surface area contributed by atoms with Crippen LogP contribution < -0.4 is 10.6 Å². The van der Waals surface area contributed by atoms with Crippen LogP contribution in [-0.4, -0.2) is 41.4 Å². The lowest BCUT2D eigenvalue weighted by molar-refractivity contribution is -0.125. The molecule has 3 amide bonds. The molecule has 14 heavy (non-hydrogen) atoms. The highest BCUT2D eigenvalue weighted by Gasteiger charge is 2.46. The van der Waals surface area contributed by atoms with Crippen LogP contribution in [0.1, 0.15) is 12.8 Å². The molecule has 0 spiro atoms. The molecule has 6 heteroatoms. The van der Waals surface area contributed by atoms with Crippen molar-refractivity contribution in [2.45, 2.75) is 25.0 Å². The van der Waals surface area contributed by atoms with Gasteiger partial charge in [0.15, 0.2) is 12.2 Å². The molecule has 3 aliphatic heterocycles. The fourth-order valence-electron chi connectivity index (χ4n) is 2.27. The molecule has 74 valence electrons. The number of urea groups is 1. The van der Waals surface area contributed by atoms with Crippen molar-refractivity contribution in [1.29, 1.82) is 0 Å². The summed E-state index contributed by atoms with van der Waals surface area (Å²) < 4.78 is 0. The molecular weight excluding hydrogens is 184 g/mol. The first-order valence-corrected chi connectivity index (χ1v) is 4.70. The Kier molecular flexibility index (Phi) is 1.37. The van der Waals surface area contributed by atoms with Crippen molar-refractivity contribution < 1.29 is 9.59 Å². The lowest BCUT2D eigenvalue weighted by atomic mass is 10.2. The SMILES string of the molecule is O=C1NC(=O)C2C(N=C3CCCN32)N1. The van der Waals surface area contributed by atoms with Crippen LogP contribution in [0.25, 0.3) is 0 Å². The monoisotopic (exact) mass is 194 g/mol. The molecule has 0 radical (unpaired) electrons. The second kappa shape index (κ2) is 2.46. The Morgan fingerprint density at radius 2 is 2.29 bits per heavy atom. The first kappa shape index (κ1) is 7.78. The van der Waals surface area contributed by atoms with Gasteiger partial charge in [0.05, 0.1) is 0 Å². The van der Waals surface area contributed by atoms with E-state index in [1.54, 1.807) is 0 Å². The molecule has 0 aromatic rings. The minimum atomic E-state index is -0.443. The molecule has 0 bridgehead atoms. The highest BCUT2D eigenvalue weighted by Crippen LogP contribution is 2.25. The number of amides is 3. The molecule has 3 heterocycles. The van der Waals surface area contributed by atoms with Crippen LogP contribution in [0.4, 0.5) is 4.79 Å². The van der Waals surface area contributed by atoms with Gasteiger partial charge in [0.2, 0.25) is 0 Å². The Labute approximate surface area is 80.4 Å². The molecule has 0 aromatic carbocycles. The maximum absolute atomic E-state index is 11.5. The summed E-state index contributed by atoms with van der Waals surface area (Å²) in [4.78, 5) is 28.9. The highest BCUT2D eigenvalue weighted by molar-refractivity contribution is 6.04. The van der Waals surface area contributed by atoms with Crippen LogP contribution >= 0.6 is 0 Å². The van der Waals surface area contributed by atoms with Gasteiger partial charge in [-0.3, -0.25) is 10.1 Å². The van der Waals surface area contributed by atoms with Gasteiger partial charge >= 0.3 is 6.03 Å². The van der Waals surface area contributed by atoms with E-state index in [0.29, 0.717) is 0 Å². The zero-order valence-electron chi connectivity index (χ0n) is 7.49. The summed E-state index contributed by atoms with van der Waals surface area (Å²) in [5.74, 6) is 0.719. The van der Waals surface area contributed by atoms with Crippen LogP contribution in [0.15, 0.2) is 4.99 Å². The molecule has 6 nitrogen and oxygen atoms in total. The number of hydrogen-bond donors (Lipinski definition) is 2. The number of carbonyl (C=O) groups excluding carboxylic acids is 2. The van der Waals surface area contributed by atoms with E-state index >= 15 is 0 Å². The minimum absolute atomic E-state index is 0.237. The Morgan fingerprint density at radius 3 is 3.14 bits per heavy atom. The lowest BCUT2D eigenvalue weighted by Gasteiger charge is -2.29. The molecule has 2 fully saturated rings. The topological polar surface area (TPSA) is 73.8 Å². The van der Waals surface area contributed by atoms with E-state index in [4.69, 9.17) is 0 Å². The first-order chi connectivity index (χ1) is 6.75. The van der Waals surface area contributed by atoms with Gasteiger partial charge in [-0.05, 0) is 6.42 Å². The van der Waals surface area contributed by atoms with Crippen molar-refractivity contribution >= 4 is 17.8 Å². The summed E-state index contributed by atoms with van der Waals surface area (Å²) in [6, 6.07) is -0.757. The van der Waals surface area contributed by atoms with Gasteiger partial charge < -0.3 is 10.2 Å². The zero-order valence-corrected chi connectivity index (χ0v) is 7.49. The van der Waals surface area contributed by atoms with Crippen molar-refractivity contribution in [3.05, 3.63) is 0 Å². The molecule has 3 rings (SSSR count). The smallest absolute Gasteiger partial charge is 0.323 e. The van der Waals surface area contributed by atoms with Gasteiger partial charge in [0.25, 0.3) is 5.91 Å². The van der Waals surface area contributed by atoms with Crippen LogP contribution in [0.3, 0.4) is 0 Å². The number of nitrogens with zero attached hydrogens (tertiary/aromatic N) is 2. The Balaban J connectivity index is 1.94. The summed E-state index contributed by atoms with van der Waals surface area (Å²) >= 11 is 0. The molecule has 2 atom stereocenters. The standard InChI is InChI=1S/C8H10N4O2/c13-7-5-6(10-8(14)11-7)9-4-2-1-3-12(4)5/h5-6H,1-3H2,(H2,10,11,13,14). The third kappa shape index (κ3) is 0.878.